The molecule has 1 unspecified atom stereocenters. The second-order valence-electron chi connectivity index (χ2n) is 7.18. The van der Waals surface area contributed by atoms with Crippen LogP contribution in [0.1, 0.15) is 18.1 Å². The summed E-state index contributed by atoms with van der Waals surface area (Å²) in [5, 5.41) is 16.7. The molecule has 0 aliphatic carbocycles. The van der Waals surface area contributed by atoms with Crippen LogP contribution in [0, 0.1) is 5.82 Å². The van der Waals surface area contributed by atoms with Crippen LogP contribution in [0.25, 0.3) is 0 Å². The number of aromatic nitrogens is 3. The molecule has 1 atom stereocenters. The lowest BCUT2D eigenvalue weighted by atomic mass is 10.1. The Labute approximate surface area is 179 Å². The molecule has 11 heteroatoms. The molecular formula is C20H21FN6O3S. The molecule has 3 N–H and O–H groups in total. The van der Waals surface area contributed by atoms with Gasteiger partial charge in [-0.3, -0.25) is 0 Å². The summed E-state index contributed by atoms with van der Waals surface area (Å²) < 4.78 is 42.7. The summed E-state index contributed by atoms with van der Waals surface area (Å²) in [5.74, 6) is 0.465. The van der Waals surface area contributed by atoms with Gasteiger partial charge < -0.3 is 15.0 Å². The van der Waals surface area contributed by atoms with Crippen molar-refractivity contribution >= 4 is 27.5 Å². The molecule has 3 aromatic rings. The van der Waals surface area contributed by atoms with Gasteiger partial charge >= 0.3 is 0 Å². The average Bonchev–Trinajstić information content (AvgIpc) is 3.07. The lowest BCUT2D eigenvalue weighted by Crippen LogP contribution is -2.26. The minimum Gasteiger partial charge on any atom is -0.477 e. The summed E-state index contributed by atoms with van der Waals surface area (Å²) in [4.78, 5) is 6.44. The van der Waals surface area contributed by atoms with E-state index in [9.17, 15) is 12.8 Å². The van der Waals surface area contributed by atoms with Crippen molar-refractivity contribution in [2.45, 2.75) is 30.8 Å². The van der Waals surface area contributed by atoms with Crippen LogP contribution in [-0.4, -0.2) is 36.8 Å². The van der Waals surface area contributed by atoms with E-state index in [2.05, 4.69) is 20.5 Å². The average molecular weight is 444 g/mol. The molecule has 1 aromatic heterocycles. The Morgan fingerprint density at radius 3 is 2.74 bits per heavy atom. The zero-order valence-electron chi connectivity index (χ0n) is 16.9. The summed E-state index contributed by atoms with van der Waals surface area (Å²) in [5.41, 5.74) is 1.99. The van der Waals surface area contributed by atoms with Gasteiger partial charge in [-0.05, 0) is 48.7 Å². The smallest absolute Gasteiger partial charge is 0.276 e. The number of fused-ring (bicyclic) bond motifs is 1. The number of hydrogen-bond acceptors (Lipinski definition) is 8. The standard InChI is InChI=1S/C20H21FN6O3S/c1-12-9-15-16(7-4-8-17(15)31(22,28)29)27(12)20-24-18(19(30-2)25-26-20)23-11-13-5-3-6-14(21)10-13/h3-8,10,12H,9,11H2,1-2H3,(H2,22,28,29)(H,23,24,26). The quantitative estimate of drug-likeness (QED) is 0.594. The molecule has 2 aromatic carbocycles. The maximum Gasteiger partial charge on any atom is 0.276 e. The van der Waals surface area contributed by atoms with Crippen molar-refractivity contribution in [2.24, 2.45) is 5.14 Å². The zero-order chi connectivity index (χ0) is 22.2. The Morgan fingerprint density at radius 1 is 1.26 bits per heavy atom. The van der Waals surface area contributed by atoms with Crippen LogP contribution >= 0.6 is 0 Å². The number of ether oxygens (including phenoxy) is 1. The maximum atomic E-state index is 13.5. The number of primary sulfonamides is 1. The summed E-state index contributed by atoms with van der Waals surface area (Å²) in [6.45, 7) is 2.23. The van der Waals surface area contributed by atoms with Crippen LogP contribution in [0.3, 0.4) is 0 Å². The largest absolute Gasteiger partial charge is 0.477 e. The molecule has 0 fully saturated rings. The van der Waals surface area contributed by atoms with Crippen molar-refractivity contribution in [1.82, 2.24) is 15.2 Å². The number of nitrogens with one attached hydrogen (secondary N) is 1. The summed E-state index contributed by atoms with van der Waals surface area (Å²) in [6, 6.07) is 11.0. The van der Waals surface area contributed by atoms with Crippen LogP contribution in [-0.2, 0) is 23.0 Å². The first-order valence-electron chi connectivity index (χ1n) is 9.49. The van der Waals surface area contributed by atoms with Gasteiger partial charge in [-0.2, -0.15) is 4.98 Å². The minimum atomic E-state index is -3.86. The van der Waals surface area contributed by atoms with Crippen LogP contribution < -0.4 is 20.1 Å². The molecule has 0 amide bonds. The minimum absolute atomic E-state index is 0.0882. The number of benzene rings is 2. The Balaban J connectivity index is 1.69. The van der Waals surface area contributed by atoms with Crippen molar-refractivity contribution in [3.63, 3.8) is 0 Å². The number of halogens is 1. The van der Waals surface area contributed by atoms with E-state index < -0.39 is 10.0 Å². The summed E-state index contributed by atoms with van der Waals surface area (Å²) in [7, 11) is -2.42. The van der Waals surface area contributed by atoms with E-state index in [1.165, 1.54) is 25.3 Å². The van der Waals surface area contributed by atoms with Crippen molar-refractivity contribution in [3.8, 4) is 5.88 Å². The van der Waals surface area contributed by atoms with E-state index in [1.807, 2.05) is 11.8 Å². The van der Waals surface area contributed by atoms with Crippen LogP contribution in [0.15, 0.2) is 47.4 Å². The van der Waals surface area contributed by atoms with Gasteiger partial charge in [-0.1, -0.05) is 18.2 Å². The number of sulfonamides is 1. The molecular weight excluding hydrogens is 423 g/mol. The predicted molar refractivity (Wildman–Crippen MR) is 113 cm³/mol. The normalized spacial score (nSPS) is 15.6. The first-order valence-corrected chi connectivity index (χ1v) is 11.0. The highest BCUT2D eigenvalue weighted by Crippen LogP contribution is 2.40. The third-order valence-electron chi connectivity index (χ3n) is 5.02. The number of hydrogen-bond donors (Lipinski definition) is 2. The molecule has 0 spiro atoms. The molecule has 0 saturated heterocycles. The van der Waals surface area contributed by atoms with Crippen molar-refractivity contribution < 1.29 is 17.5 Å². The second kappa shape index (κ2) is 8.08. The molecule has 0 radical (unpaired) electrons. The second-order valence-corrected chi connectivity index (χ2v) is 8.70. The van der Waals surface area contributed by atoms with Gasteiger partial charge in [0.15, 0.2) is 5.82 Å². The van der Waals surface area contributed by atoms with Crippen LogP contribution in [0.5, 0.6) is 5.88 Å². The van der Waals surface area contributed by atoms with Crippen LogP contribution in [0.4, 0.5) is 21.8 Å². The lowest BCUT2D eigenvalue weighted by Gasteiger charge is -2.23. The van der Waals surface area contributed by atoms with Crippen molar-refractivity contribution in [1.29, 1.82) is 0 Å². The predicted octanol–water partition coefficient (Wildman–Crippen LogP) is 2.36. The Morgan fingerprint density at radius 2 is 2.03 bits per heavy atom. The first kappa shape index (κ1) is 20.9. The topological polar surface area (TPSA) is 123 Å². The molecule has 4 rings (SSSR count). The molecule has 162 valence electrons. The van der Waals surface area contributed by atoms with Gasteiger partial charge in [0.25, 0.3) is 11.8 Å². The van der Waals surface area contributed by atoms with Gasteiger partial charge in [0.1, 0.15) is 5.82 Å². The number of nitrogens with zero attached hydrogens (tertiary/aromatic N) is 4. The molecule has 2 heterocycles. The van der Waals surface area contributed by atoms with Crippen molar-refractivity contribution in [3.05, 3.63) is 59.4 Å². The van der Waals surface area contributed by atoms with Crippen LogP contribution in [0.2, 0.25) is 0 Å². The number of nitrogens with two attached hydrogens (primary N) is 1. The van der Waals surface area contributed by atoms with Gasteiger partial charge in [0.05, 0.1) is 12.0 Å². The Kier molecular flexibility index (Phi) is 5.46. The highest BCUT2D eigenvalue weighted by Gasteiger charge is 2.33. The molecule has 0 saturated carbocycles. The third kappa shape index (κ3) is 4.14. The summed E-state index contributed by atoms with van der Waals surface area (Å²) in [6.07, 6.45) is 0.462. The number of methoxy groups -OCH3 is 1. The lowest BCUT2D eigenvalue weighted by molar-refractivity contribution is 0.391. The monoisotopic (exact) mass is 444 g/mol. The number of anilines is 3. The molecule has 31 heavy (non-hydrogen) atoms. The van der Waals surface area contributed by atoms with E-state index in [1.54, 1.807) is 24.3 Å². The first-order chi connectivity index (χ1) is 14.8. The fourth-order valence-electron chi connectivity index (χ4n) is 3.68. The molecule has 1 aliphatic heterocycles. The van der Waals surface area contributed by atoms with E-state index in [-0.39, 0.29) is 28.6 Å². The SMILES string of the molecule is COc1nnc(N2c3cccc(S(N)(=O)=O)c3CC2C)nc1NCc1cccc(F)c1. The van der Waals surface area contributed by atoms with Gasteiger partial charge in [0.2, 0.25) is 10.0 Å². The summed E-state index contributed by atoms with van der Waals surface area (Å²) >= 11 is 0. The van der Waals surface area contributed by atoms with E-state index in [0.717, 1.165) is 5.56 Å². The number of rotatable bonds is 6. The fourth-order valence-corrected chi connectivity index (χ4v) is 4.48. The molecule has 1 aliphatic rings. The van der Waals surface area contributed by atoms with Gasteiger partial charge in [-0.15, -0.1) is 10.2 Å². The third-order valence-corrected chi connectivity index (χ3v) is 6.01. The van der Waals surface area contributed by atoms with E-state index >= 15 is 0 Å². The van der Waals surface area contributed by atoms with Gasteiger partial charge in [-0.25, -0.2) is 17.9 Å². The molecule has 0 bridgehead atoms. The van der Waals surface area contributed by atoms with Crippen molar-refractivity contribution in [2.75, 3.05) is 17.3 Å². The van der Waals surface area contributed by atoms with E-state index in [4.69, 9.17) is 9.88 Å². The zero-order valence-corrected chi connectivity index (χ0v) is 17.7. The molecule has 9 nitrogen and oxygen atoms in total. The van der Waals surface area contributed by atoms with E-state index in [0.29, 0.717) is 30.0 Å². The Bertz CT molecular complexity index is 1240. The highest BCUT2D eigenvalue weighted by molar-refractivity contribution is 7.89. The highest BCUT2D eigenvalue weighted by atomic mass is 32.2. The fraction of sp³-hybridized carbons (Fsp3) is 0.250. The Hall–Kier alpha value is -3.31. The van der Waals surface area contributed by atoms with Gasteiger partial charge in [0, 0.05) is 18.3 Å². The maximum absolute atomic E-state index is 13.5.